The molecule has 2 N–H and O–H groups in total. The van der Waals surface area contributed by atoms with Crippen LogP contribution in [0.1, 0.15) is 40.0 Å². The van der Waals surface area contributed by atoms with Crippen molar-refractivity contribution in [1.29, 1.82) is 0 Å². The normalized spacial score (nSPS) is 19.5. The van der Waals surface area contributed by atoms with Crippen LogP contribution in [0.25, 0.3) is 0 Å². The summed E-state index contributed by atoms with van der Waals surface area (Å²) < 4.78 is 0. The maximum Gasteiger partial charge on any atom is 0.223 e. The minimum Gasteiger partial charge on any atom is -0.386 e. The van der Waals surface area contributed by atoms with E-state index in [2.05, 4.69) is 33.6 Å². The molecular weight excluding hydrogens is 352 g/mol. The Kier molecular flexibility index (Phi) is 8.45. The van der Waals surface area contributed by atoms with E-state index in [4.69, 9.17) is 0 Å². The van der Waals surface area contributed by atoms with E-state index in [1.165, 1.54) is 0 Å². The highest BCUT2D eigenvalue weighted by atomic mass is 16.3. The number of aliphatic hydroxyl groups is 1. The Hall–Kier alpha value is -1.92. The van der Waals surface area contributed by atoms with Crippen LogP contribution in [0.3, 0.4) is 0 Å². The van der Waals surface area contributed by atoms with Crippen molar-refractivity contribution < 1.29 is 9.90 Å². The number of pyridine rings is 1. The van der Waals surface area contributed by atoms with Crippen LogP contribution >= 0.6 is 0 Å². The van der Waals surface area contributed by atoms with Crippen LogP contribution in [-0.2, 0) is 4.79 Å². The summed E-state index contributed by atoms with van der Waals surface area (Å²) in [5.41, 5.74) is -0.846. The van der Waals surface area contributed by atoms with E-state index < -0.39 is 5.60 Å². The summed E-state index contributed by atoms with van der Waals surface area (Å²) >= 11 is 0. The van der Waals surface area contributed by atoms with Gasteiger partial charge in [-0.25, -0.2) is 4.98 Å². The van der Waals surface area contributed by atoms with Gasteiger partial charge in [0.15, 0.2) is 0 Å². The van der Waals surface area contributed by atoms with Crippen LogP contribution in [0.4, 0.5) is 5.82 Å². The van der Waals surface area contributed by atoms with Crippen molar-refractivity contribution in [2.24, 2.45) is 5.92 Å². The number of hydrogen-bond donors (Lipinski definition) is 2. The predicted octanol–water partition coefficient (Wildman–Crippen LogP) is 2.45. The Bertz CT molecular complexity index is 612. The number of aromatic nitrogens is 1. The van der Waals surface area contributed by atoms with Crippen LogP contribution < -0.4 is 10.2 Å². The van der Waals surface area contributed by atoms with Gasteiger partial charge in [-0.05, 0) is 45.2 Å². The number of hydrogen-bond acceptors (Lipinski definition) is 5. The quantitative estimate of drug-likeness (QED) is 0.603. The first-order valence-electron chi connectivity index (χ1n) is 10.4. The molecule has 2 heterocycles. The highest BCUT2D eigenvalue weighted by molar-refractivity contribution is 5.78. The molecule has 1 aromatic rings. The summed E-state index contributed by atoms with van der Waals surface area (Å²) in [6.07, 6.45) is 5.60. The molecule has 3 unspecified atom stereocenters. The lowest BCUT2D eigenvalue weighted by molar-refractivity contribution is -0.125. The first-order chi connectivity index (χ1) is 13.3. The zero-order valence-corrected chi connectivity index (χ0v) is 17.6. The molecule has 1 aliphatic heterocycles. The Morgan fingerprint density at radius 1 is 1.36 bits per heavy atom. The van der Waals surface area contributed by atoms with Gasteiger partial charge >= 0.3 is 0 Å². The Labute approximate surface area is 169 Å². The number of carbonyl (C=O) groups is 1. The van der Waals surface area contributed by atoms with Gasteiger partial charge in [0.2, 0.25) is 5.91 Å². The van der Waals surface area contributed by atoms with Gasteiger partial charge in [0, 0.05) is 50.9 Å². The van der Waals surface area contributed by atoms with Crippen molar-refractivity contribution in [3.63, 3.8) is 0 Å². The van der Waals surface area contributed by atoms with Gasteiger partial charge in [0.05, 0.1) is 5.60 Å². The van der Waals surface area contributed by atoms with Crippen molar-refractivity contribution in [2.45, 2.75) is 51.7 Å². The standard InChI is InChI=1S/C22H36N4O2/c1-5-22(4,28)11-8-9-18(2)21(27)24-19(3)17-25-13-15-26(16-14-25)20-10-6-7-12-23-20/h5-7,10,12,18-19,28H,1,8-9,11,13-17H2,2-4H3,(H,24,27). The van der Waals surface area contributed by atoms with Gasteiger partial charge in [0.1, 0.15) is 5.82 Å². The topological polar surface area (TPSA) is 68.7 Å². The van der Waals surface area contributed by atoms with Gasteiger partial charge in [-0.1, -0.05) is 19.1 Å². The molecule has 1 fully saturated rings. The van der Waals surface area contributed by atoms with Gasteiger partial charge in [-0.2, -0.15) is 0 Å². The molecule has 3 atom stereocenters. The maximum atomic E-state index is 12.4. The molecule has 1 aliphatic rings. The number of rotatable bonds is 10. The van der Waals surface area contributed by atoms with Gasteiger partial charge in [-0.15, -0.1) is 6.58 Å². The lowest BCUT2D eigenvalue weighted by Gasteiger charge is -2.36. The molecule has 0 bridgehead atoms. The second-order valence-electron chi connectivity index (χ2n) is 8.24. The first kappa shape index (κ1) is 22.4. The van der Waals surface area contributed by atoms with Gasteiger partial charge in [-0.3, -0.25) is 9.69 Å². The van der Waals surface area contributed by atoms with Crippen LogP contribution in [-0.4, -0.2) is 65.3 Å². The summed E-state index contributed by atoms with van der Waals surface area (Å²) in [5.74, 6) is 1.08. The number of anilines is 1. The molecule has 1 saturated heterocycles. The average Bonchev–Trinajstić information content (AvgIpc) is 2.69. The summed E-state index contributed by atoms with van der Waals surface area (Å²) in [4.78, 5) is 21.6. The summed E-state index contributed by atoms with van der Waals surface area (Å²) in [5, 5.41) is 13.1. The molecule has 0 saturated carbocycles. The van der Waals surface area contributed by atoms with Crippen molar-refractivity contribution in [3.8, 4) is 0 Å². The molecule has 6 nitrogen and oxygen atoms in total. The van der Waals surface area contributed by atoms with E-state index in [1.54, 1.807) is 13.0 Å². The van der Waals surface area contributed by atoms with Crippen LogP contribution in [0.15, 0.2) is 37.1 Å². The lowest BCUT2D eigenvalue weighted by atomic mass is 9.95. The molecule has 0 aromatic carbocycles. The number of piperazine rings is 1. The summed E-state index contributed by atoms with van der Waals surface area (Å²) in [7, 11) is 0. The summed E-state index contributed by atoms with van der Waals surface area (Å²) in [6, 6.07) is 6.13. The SMILES string of the molecule is C=CC(C)(O)CCCC(C)C(=O)NC(C)CN1CCN(c2ccccn2)CC1. The van der Waals surface area contributed by atoms with E-state index in [0.717, 1.165) is 51.4 Å². The highest BCUT2D eigenvalue weighted by Gasteiger charge is 2.22. The van der Waals surface area contributed by atoms with Crippen LogP contribution in [0, 0.1) is 5.92 Å². The third-order valence-electron chi connectivity index (χ3n) is 5.47. The number of nitrogens with zero attached hydrogens (tertiary/aromatic N) is 3. The monoisotopic (exact) mass is 388 g/mol. The molecule has 28 heavy (non-hydrogen) atoms. The molecule has 0 aliphatic carbocycles. The molecule has 0 spiro atoms. The molecule has 1 amide bonds. The largest absolute Gasteiger partial charge is 0.386 e. The first-order valence-corrected chi connectivity index (χ1v) is 10.4. The second-order valence-corrected chi connectivity index (χ2v) is 8.24. The molecule has 156 valence electrons. The van der Waals surface area contributed by atoms with Crippen molar-refractivity contribution in [2.75, 3.05) is 37.6 Å². The Morgan fingerprint density at radius 3 is 2.68 bits per heavy atom. The van der Waals surface area contributed by atoms with Gasteiger partial charge < -0.3 is 15.3 Å². The van der Waals surface area contributed by atoms with Crippen molar-refractivity contribution in [3.05, 3.63) is 37.1 Å². The summed E-state index contributed by atoms with van der Waals surface area (Å²) in [6.45, 7) is 14.1. The Morgan fingerprint density at radius 2 is 2.07 bits per heavy atom. The van der Waals surface area contributed by atoms with Crippen molar-refractivity contribution in [1.82, 2.24) is 15.2 Å². The predicted molar refractivity (Wildman–Crippen MR) is 114 cm³/mol. The lowest BCUT2D eigenvalue weighted by Crippen LogP contribution is -2.51. The van der Waals surface area contributed by atoms with E-state index in [0.29, 0.717) is 6.42 Å². The smallest absolute Gasteiger partial charge is 0.223 e. The minimum absolute atomic E-state index is 0.0518. The molecule has 2 rings (SSSR count). The fourth-order valence-corrected chi connectivity index (χ4v) is 3.52. The fraction of sp³-hybridized carbons (Fsp3) is 0.636. The minimum atomic E-state index is -0.846. The van der Waals surface area contributed by atoms with Crippen LogP contribution in [0.2, 0.25) is 0 Å². The van der Waals surface area contributed by atoms with E-state index in [9.17, 15) is 9.90 Å². The zero-order chi connectivity index (χ0) is 20.6. The van der Waals surface area contributed by atoms with Crippen molar-refractivity contribution >= 4 is 11.7 Å². The van der Waals surface area contributed by atoms with E-state index >= 15 is 0 Å². The molecule has 1 aromatic heterocycles. The maximum absolute atomic E-state index is 12.4. The van der Waals surface area contributed by atoms with E-state index in [1.807, 2.05) is 31.3 Å². The van der Waals surface area contributed by atoms with Crippen LogP contribution in [0.5, 0.6) is 0 Å². The highest BCUT2D eigenvalue weighted by Crippen LogP contribution is 2.18. The molecule has 6 heteroatoms. The number of amides is 1. The number of carbonyl (C=O) groups excluding carboxylic acids is 1. The zero-order valence-electron chi connectivity index (χ0n) is 17.6. The number of nitrogens with one attached hydrogen (secondary N) is 1. The van der Waals surface area contributed by atoms with Gasteiger partial charge in [0.25, 0.3) is 0 Å². The van der Waals surface area contributed by atoms with E-state index in [-0.39, 0.29) is 17.9 Å². The third kappa shape index (κ3) is 7.24. The average molecular weight is 389 g/mol. The molecule has 0 radical (unpaired) electrons. The third-order valence-corrected chi connectivity index (χ3v) is 5.47. The second kappa shape index (κ2) is 10.6. The molecular formula is C22H36N4O2. The fourth-order valence-electron chi connectivity index (χ4n) is 3.52. The Balaban J connectivity index is 1.67.